The van der Waals surface area contributed by atoms with Gasteiger partial charge in [0.05, 0.1) is 15.7 Å². The first-order valence-corrected chi connectivity index (χ1v) is 17.9. The molecule has 4 rings (SSSR count). The van der Waals surface area contributed by atoms with Crippen molar-refractivity contribution in [2.24, 2.45) is 0 Å². The predicted molar refractivity (Wildman–Crippen MR) is 183 cm³/mol. The van der Waals surface area contributed by atoms with Crippen molar-refractivity contribution in [2.75, 3.05) is 24.6 Å². The van der Waals surface area contributed by atoms with Crippen LogP contribution in [-0.4, -0.2) is 56.5 Å². The molecule has 4 N–H and O–H groups in total. The van der Waals surface area contributed by atoms with Crippen molar-refractivity contribution in [1.82, 2.24) is 15.4 Å². The van der Waals surface area contributed by atoms with Crippen molar-refractivity contribution < 1.29 is 32.6 Å². The first-order valence-electron chi connectivity index (χ1n) is 15.7. The van der Waals surface area contributed by atoms with Gasteiger partial charge < -0.3 is 25.4 Å². The molecule has 3 aromatic carbocycles. The zero-order valence-electron chi connectivity index (χ0n) is 26.5. The highest BCUT2D eigenvalue weighted by molar-refractivity contribution is 9.10. The van der Waals surface area contributed by atoms with Gasteiger partial charge in [-0.3, -0.25) is 14.4 Å². The summed E-state index contributed by atoms with van der Waals surface area (Å²) in [5.74, 6) is -2.48. The van der Waals surface area contributed by atoms with E-state index in [4.69, 9.17) is 9.84 Å². The first-order chi connectivity index (χ1) is 22.5. The van der Waals surface area contributed by atoms with Crippen LogP contribution in [0.4, 0.5) is 11.4 Å². The van der Waals surface area contributed by atoms with E-state index in [0.29, 0.717) is 35.1 Å². The molecule has 3 aromatic rings. The Morgan fingerprint density at radius 2 is 1.62 bits per heavy atom. The average Bonchev–Trinajstić information content (AvgIpc) is 3.15. The molecule has 0 saturated carbocycles. The Morgan fingerprint density at radius 3 is 2.21 bits per heavy atom. The van der Waals surface area contributed by atoms with Crippen LogP contribution in [0.2, 0.25) is 0 Å². The van der Waals surface area contributed by atoms with Crippen LogP contribution in [0, 0.1) is 0 Å². The quantitative estimate of drug-likeness (QED) is 0.162. The van der Waals surface area contributed by atoms with Gasteiger partial charge in [-0.15, -0.1) is 0 Å². The van der Waals surface area contributed by atoms with Crippen molar-refractivity contribution in [2.45, 2.75) is 68.8 Å². The number of amides is 2. The van der Waals surface area contributed by atoms with E-state index >= 15 is 0 Å². The fourth-order valence-electron chi connectivity index (χ4n) is 5.63. The highest BCUT2D eigenvalue weighted by Crippen LogP contribution is 2.43. The summed E-state index contributed by atoms with van der Waals surface area (Å²) in [5.41, 5.74) is 1.06. The third kappa shape index (κ3) is 9.33. The van der Waals surface area contributed by atoms with E-state index in [0.717, 1.165) is 31.4 Å². The van der Waals surface area contributed by atoms with Gasteiger partial charge in [-0.1, -0.05) is 88.1 Å². The Kier molecular flexibility index (Phi) is 12.4. The highest BCUT2D eigenvalue weighted by Gasteiger charge is 2.42. The fourth-order valence-corrected chi connectivity index (χ4v) is 7.73. The summed E-state index contributed by atoms with van der Waals surface area (Å²) in [4.78, 5) is 38.9. The van der Waals surface area contributed by atoms with Crippen molar-refractivity contribution >= 4 is 55.1 Å². The largest absolute Gasteiger partial charge is 0.483 e. The smallest absolute Gasteiger partial charge is 0.322 e. The lowest BCUT2D eigenvalue weighted by Crippen LogP contribution is -2.53. The SMILES string of the molecule is CCCCC1(CCCC)CN(c2ccccc2)c2cc(Br)c(OCC(=O)N[C@@H](C(=O)NCC(=O)O)c3ccccc3)cc2S(=O)(=O)N1. The number of nitrogens with zero attached hydrogens (tertiary/aromatic N) is 1. The second kappa shape index (κ2) is 16.2. The van der Waals surface area contributed by atoms with Crippen LogP contribution in [0.15, 0.2) is 82.2 Å². The van der Waals surface area contributed by atoms with E-state index < -0.39 is 52.5 Å². The number of benzene rings is 3. The number of carboxylic acids is 1. The first kappa shape index (κ1) is 35.9. The number of halogens is 1. The molecule has 1 aliphatic heterocycles. The van der Waals surface area contributed by atoms with Gasteiger partial charge in [0.2, 0.25) is 15.9 Å². The van der Waals surface area contributed by atoms with Crippen LogP contribution < -0.4 is 25.0 Å². The second-order valence-electron chi connectivity index (χ2n) is 11.6. The number of fused-ring (bicyclic) bond motifs is 1. The third-order valence-electron chi connectivity index (χ3n) is 7.96. The summed E-state index contributed by atoms with van der Waals surface area (Å²) in [5, 5.41) is 13.9. The average molecular weight is 730 g/mol. The molecule has 0 unspecified atom stereocenters. The van der Waals surface area contributed by atoms with Crippen molar-refractivity contribution in [3.8, 4) is 5.75 Å². The summed E-state index contributed by atoms with van der Waals surface area (Å²) in [7, 11) is -4.04. The van der Waals surface area contributed by atoms with Crippen LogP contribution in [0.5, 0.6) is 5.75 Å². The van der Waals surface area contributed by atoms with E-state index in [1.165, 1.54) is 6.07 Å². The molecule has 0 bridgehead atoms. The minimum atomic E-state index is -4.04. The molecule has 0 fully saturated rings. The van der Waals surface area contributed by atoms with Crippen LogP contribution in [-0.2, 0) is 24.4 Å². The number of carbonyl (C=O) groups excluding carboxylic acids is 2. The summed E-state index contributed by atoms with van der Waals surface area (Å²) in [6.45, 7) is 3.45. The van der Waals surface area contributed by atoms with Crippen molar-refractivity contribution in [1.29, 1.82) is 0 Å². The van der Waals surface area contributed by atoms with E-state index in [9.17, 15) is 22.8 Å². The third-order valence-corrected chi connectivity index (χ3v) is 10.2. The number of hydrogen-bond acceptors (Lipinski definition) is 7. The number of carboxylic acid groups (broad SMARTS) is 1. The van der Waals surface area contributed by atoms with Crippen LogP contribution in [0.3, 0.4) is 0 Å². The lowest BCUT2D eigenvalue weighted by Gasteiger charge is -2.37. The Labute approximate surface area is 284 Å². The molecule has 11 nitrogen and oxygen atoms in total. The molecule has 0 spiro atoms. The summed E-state index contributed by atoms with van der Waals surface area (Å²) >= 11 is 3.53. The standard InChI is InChI=1S/C34H41BrN4O7S/c1-3-5-17-34(18-6-4-2)23-39(25-15-11-8-12-16-25)27-19-26(35)28(20-29(27)47(44,45)38-34)46-22-30(40)37-32(24-13-9-7-10-14-24)33(43)36-21-31(41)42/h7-16,19-20,32,38H,3-6,17-18,21-23H2,1-2H3,(H,36,43)(H,37,40)(H,41,42)/t32-/m1/s1. The molecule has 0 radical (unpaired) electrons. The molecule has 1 atom stereocenters. The monoisotopic (exact) mass is 728 g/mol. The van der Waals surface area contributed by atoms with Gasteiger partial charge in [-0.05, 0) is 52.5 Å². The number of rotatable bonds is 15. The minimum Gasteiger partial charge on any atom is -0.483 e. The molecule has 0 aliphatic carbocycles. The van der Waals surface area contributed by atoms with Gasteiger partial charge in [-0.25, -0.2) is 13.1 Å². The number of anilines is 2. The minimum absolute atomic E-state index is 0.0186. The highest BCUT2D eigenvalue weighted by atomic mass is 79.9. The van der Waals surface area contributed by atoms with E-state index in [1.54, 1.807) is 36.4 Å². The Balaban J connectivity index is 1.65. The zero-order valence-corrected chi connectivity index (χ0v) is 28.9. The van der Waals surface area contributed by atoms with Crippen LogP contribution in [0.25, 0.3) is 0 Å². The predicted octanol–water partition coefficient (Wildman–Crippen LogP) is 5.44. The molecule has 1 aliphatic rings. The normalized spacial score (nSPS) is 15.5. The molecule has 2 amide bonds. The molecule has 0 aromatic heterocycles. The summed E-state index contributed by atoms with van der Waals surface area (Å²) in [6, 6.07) is 20.0. The topological polar surface area (TPSA) is 154 Å². The summed E-state index contributed by atoms with van der Waals surface area (Å²) in [6.07, 6.45) is 4.91. The molecule has 0 saturated heterocycles. The molecule has 1 heterocycles. The number of para-hydroxylation sites is 1. The summed E-state index contributed by atoms with van der Waals surface area (Å²) < 4.78 is 37.6. The van der Waals surface area contributed by atoms with Gasteiger partial charge in [-0.2, -0.15) is 0 Å². The molecule has 13 heteroatoms. The van der Waals surface area contributed by atoms with Gasteiger partial charge in [0.25, 0.3) is 5.91 Å². The van der Waals surface area contributed by atoms with Crippen molar-refractivity contribution in [3.05, 3.63) is 82.8 Å². The van der Waals surface area contributed by atoms with Gasteiger partial charge in [0.1, 0.15) is 23.2 Å². The molecule has 252 valence electrons. The molecular weight excluding hydrogens is 688 g/mol. The van der Waals surface area contributed by atoms with Gasteiger partial charge in [0.15, 0.2) is 6.61 Å². The zero-order chi connectivity index (χ0) is 34.0. The number of aliphatic carboxylic acids is 1. The maximum Gasteiger partial charge on any atom is 0.322 e. The fraction of sp³-hybridized carbons (Fsp3) is 0.382. The van der Waals surface area contributed by atoms with Crippen molar-refractivity contribution in [3.63, 3.8) is 0 Å². The number of carbonyl (C=O) groups is 3. The lowest BCUT2D eigenvalue weighted by atomic mass is 9.87. The van der Waals surface area contributed by atoms with E-state index in [2.05, 4.69) is 45.1 Å². The number of sulfonamides is 1. The van der Waals surface area contributed by atoms with Gasteiger partial charge >= 0.3 is 5.97 Å². The maximum absolute atomic E-state index is 14.1. The van der Waals surface area contributed by atoms with Gasteiger partial charge in [0, 0.05) is 18.3 Å². The van der Waals surface area contributed by atoms with E-state index in [-0.39, 0.29) is 10.6 Å². The molecule has 47 heavy (non-hydrogen) atoms. The number of hydrogen-bond donors (Lipinski definition) is 4. The number of nitrogens with one attached hydrogen (secondary N) is 3. The number of ether oxygens (including phenoxy) is 1. The Morgan fingerprint density at radius 1 is 1.00 bits per heavy atom. The Hall–Kier alpha value is -3.94. The van der Waals surface area contributed by atoms with E-state index in [1.807, 2.05) is 35.2 Å². The second-order valence-corrected chi connectivity index (χ2v) is 14.1. The maximum atomic E-state index is 14.1. The van der Waals surface area contributed by atoms with Crippen LogP contribution in [0.1, 0.15) is 64.0 Å². The van der Waals surface area contributed by atoms with Crippen LogP contribution >= 0.6 is 15.9 Å². The number of unbranched alkanes of at least 4 members (excludes halogenated alkanes) is 2. The lowest BCUT2D eigenvalue weighted by molar-refractivity contribution is -0.138. The molecular formula is C34H41BrN4O7S. The Bertz CT molecular complexity index is 1650.